The lowest BCUT2D eigenvalue weighted by molar-refractivity contribution is -0.140. The molecule has 0 aliphatic carbocycles. The van der Waals surface area contributed by atoms with E-state index in [2.05, 4.69) is 0 Å². The van der Waals surface area contributed by atoms with Gasteiger partial charge in [-0.1, -0.05) is 20.8 Å². The van der Waals surface area contributed by atoms with E-state index in [0.717, 1.165) is 6.42 Å². The Bertz CT molecular complexity index is 214. The highest BCUT2D eigenvalue weighted by Gasteiger charge is 2.28. The van der Waals surface area contributed by atoms with Crippen LogP contribution in [0.15, 0.2) is 0 Å². The molecule has 2 N–H and O–H groups in total. The molecule has 0 aliphatic rings. The van der Waals surface area contributed by atoms with Crippen LogP contribution >= 0.6 is 0 Å². The molecule has 0 rings (SSSR count). The number of rotatable bonds is 8. The van der Waals surface area contributed by atoms with Gasteiger partial charge in [-0.3, -0.25) is 9.69 Å². The van der Waals surface area contributed by atoms with Crippen LogP contribution in [-0.2, 0) is 4.79 Å². The van der Waals surface area contributed by atoms with Crippen LogP contribution in [0.2, 0.25) is 0 Å². The fourth-order valence-corrected chi connectivity index (χ4v) is 1.65. The van der Waals surface area contributed by atoms with Crippen LogP contribution in [0.1, 0.15) is 47.0 Å². The average molecular weight is 231 g/mol. The summed E-state index contributed by atoms with van der Waals surface area (Å²) in [5.74, 6) is -0.838. The zero-order valence-electron chi connectivity index (χ0n) is 10.9. The minimum absolute atomic E-state index is 0.00266. The van der Waals surface area contributed by atoms with Crippen LogP contribution in [-0.4, -0.2) is 45.8 Å². The second-order valence-corrected chi connectivity index (χ2v) is 4.49. The van der Waals surface area contributed by atoms with Gasteiger partial charge in [0.15, 0.2) is 0 Å². The smallest absolute Gasteiger partial charge is 0.317 e. The third kappa shape index (κ3) is 4.94. The summed E-state index contributed by atoms with van der Waals surface area (Å²) in [6.45, 7) is 8.31. The standard InChI is InChI=1S/C12H25NO3/c1-5-10(4)13(8-11(14)15)9-12(16,6-2)7-3/h10,16H,5-9H2,1-4H3,(H,14,15). The minimum Gasteiger partial charge on any atom is -0.480 e. The maximum Gasteiger partial charge on any atom is 0.317 e. The van der Waals surface area contributed by atoms with Gasteiger partial charge in [0.25, 0.3) is 0 Å². The van der Waals surface area contributed by atoms with Gasteiger partial charge in [-0.15, -0.1) is 0 Å². The molecular weight excluding hydrogens is 206 g/mol. The first kappa shape index (κ1) is 15.4. The molecule has 4 heteroatoms. The fraction of sp³-hybridized carbons (Fsp3) is 0.917. The lowest BCUT2D eigenvalue weighted by atomic mass is 9.96. The number of hydrogen-bond acceptors (Lipinski definition) is 3. The highest BCUT2D eigenvalue weighted by atomic mass is 16.4. The second-order valence-electron chi connectivity index (χ2n) is 4.49. The van der Waals surface area contributed by atoms with Gasteiger partial charge in [0.1, 0.15) is 0 Å². The zero-order chi connectivity index (χ0) is 12.8. The van der Waals surface area contributed by atoms with Gasteiger partial charge in [0.05, 0.1) is 12.1 Å². The number of nitrogens with zero attached hydrogens (tertiary/aromatic N) is 1. The third-order valence-corrected chi connectivity index (χ3v) is 3.37. The molecule has 0 heterocycles. The van der Waals surface area contributed by atoms with E-state index in [4.69, 9.17) is 5.11 Å². The number of aliphatic carboxylic acids is 1. The van der Waals surface area contributed by atoms with Crippen molar-refractivity contribution in [3.05, 3.63) is 0 Å². The van der Waals surface area contributed by atoms with Crippen molar-refractivity contribution in [2.24, 2.45) is 0 Å². The van der Waals surface area contributed by atoms with Gasteiger partial charge in [-0.2, -0.15) is 0 Å². The Morgan fingerprint density at radius 1 is 1.31 bits per heavy atom. The number of carboxylic acids is 1. The topological polar surface area (TPSA) is 60.8 Å². The van der Waals surface area contributed by atoms with Crippen LogP contribution < -0.4 is 0 Å². The quantitative estimate of drug-likeness (QED) is 0.668. The Balaban J connectivity index is 4.58. The molecule has 0 saturated carbocycles. The first-order valence-electron chi connectivity index (χ1n) is 6.06. The van der Waals surface area contributed by atoms with E-state index in [0.29, 0.717) is 19.4 Å². The van der Waals surface area contributed by atoms with E-state index >= 15 is 0 Å². The molecule has 0 aromatic heterocycles. The minimum atomic E-state index is -0.838. The van der Waals surface area contributed by atoms with E-state index in [1.54, 1.807) is 0 Å². The van der Waals surface area contributed by atoms with Crippen molar-refractivity contribution < 1.29 is 15.0 Å². The molecule has 96 valence electrons. The Morgan fingerprint density at radius 3 is 2.12 bits per heavy atom. The predicted molar refractivity (Wildman–Crippen MR) is 64.5 cm³/mol. The summed E-state index contributed by atoms with van der Waals surface area (Å²) in [4.78, 5) is 12.6. The molecule has 0 fully saturated rings. The number of hydrogen-bond donors (Lipinski definition) is 2. The van der Waals surface area contributed by atoms with Crippen molar-refractivity contribution in [3.8, 4) is 0 Å². The van der Waals surface area contributed by atoms with Crippen molar-refractivity contribution in [3.63, 3.8) is 0 Å². The molecule has 0 aromatic rings. The first-order chi connectivity index (χ1) is 7.38. The molecule has 1 atom stereocenters. The van der Waals surface area contributed by atoms with Crippen LogP contribution in [0.4, 0.5) is 0 Å². The molecule has 0 saturated heterocycles. The van der Waals surface area contributed by atoms with Crippen molar-refractivity contribution in [2.75, 3.05) is 13.1 Å². The molecule has 0 amide bonds. The summed E-state index contributed by atoms with van der Waals surface area (Å²) < 4.78 is 0. The second kappa shape index (κ2) is 6.86. The van der Waals surface area contributed by atoms with Crippen molar-refractivity contribution in [2.45, 2.75) is 58.6 Å². The normalized spacial score (nSPS) is 14.1. The zero-order valence-corrected chi connectivity index (χ0v) is 10.9. The molecule has 0 bridgehead atoms. The lowest BCUT2D eigenvalue weighted by Crippen LogP contribution is -2.47. The first-order valence-corrected chi connectivity index (χ1v) is 6.06. The summed E-state index contributed by atoms with van der Waals surface area (Å²) in [6.07, 6.45) is 2.18. The Labute approximate surface area is 98.3 Å². The predicted octanol–water partition coefficient (Wildman–Crippen LogP) is 1.72. The van der Waals surface area contributed by atoms with Gasteiger partial charge >= 0.3 is 5.97 Å². The molecule has 4 nitrogen and oxygen atoms in total. The molecule has 0 aliphatic heterocycles. The van der Waals surface area contributed by atoms with Crippen LogP contribution in [0.5, 0.6) is 0 Å². The molecule has 16 heavy (non-hydrogen) atoms. The van der Waals surface area contributed by atoms with E-state index in [-0.39, 0.29) is 12.6 Å². The average Bonchev–Trinajstić information content (AvgIpc) is 2.26. The monoisotopic (exact) mass is 231 g/mol. The Morgan fingerprint density at radius 2 is 1.81 bits per heavy atom. The van der Waals surface area contributed by atoms with Crippen molar-refractivity contribution >= 4 is 5.97 Å². The van der Waals surface area contributed by atoms with Crippen LogP contribution in [0.3, 0.4) is 0 Å². The Kier molecular flexibility index (Phi) is 6.60. The third-order valence-electron chi connectivity index (χ3n) is 3.37. The maximum atomic E-state index is 10.8. The summed E-state index contributed by atoms with van der Waals surface area (Å²) >= 11 is 0. The van der Waals surface area contributed by atoms with Crippen LogP contribution in [0.25, 0.3) is 0 Å². The summed E-state index contributed by atoms with van der Waals surface area (Å²) in [6, 6.07) is 0.181. The van der Waals surface area contributed by atoms with Gasteiger partial charge in [0, 0.05) is 12.6 Å². The SMILES string of the molecule is CCC(C)N(CC(=O)O)CC(O)(CC)CC. The van der Waals surface area contributed by atoms with Crippen molar-refractivity contribution in [1.29, 1.82) is 0 Å². The summed E-state index contributed by atoms with van der Waals surface area (Å²) in [7, 11) is 0. The maximum absolute atomic E-state index is 10.8. The number of aliphatic hydroxyl groups is 1. The highest BCUT2D eigenvalue weighted by Crippen LogP contribution is 2.18. The van der Waals surface area contributed by atoms with E-state index in [9.17, 15) is 9.90 Å². The summed E-state index contributed by atoms with van der Waals surface area (Å²) in [5, 5.41) is 19.1. The van der Waals surface area contributed by atoms with E-state index in [1.807, 2.05) is 32.6 Å². The van der Waals surface area contributed by atoms with E-state index < -0.39 is 11.6 Å². The van der Waals surface area contributed by atoms with Crippen molar-refractivity contribution in [1.82, 2.24) is 4.90 Å². The summed E-state index contributed by atoms with van der Waals surface area (Å²) in [5.41, 5.74) is -0.765. The lowest BCUT2D eigenvalue weighted by Gasteiger charge is -2.35. The Hall–Kier alpha value is -0.610. The molecule has 1 unspecified atom stereocenters. The van der Waals surface area contributed by atoms with Gasteiger partial charge in [0.2, 0.25) is 0 Å². The largest absolute Gasteiger partial charge is 0.480 e. The van der Waals surface area contributed by atoms with Gasteiger partial charge in [-0.25, -0.2) is 0 Å². The fourth-order valence-electron chi connectivity index (χ4n) is 1.65. The molecular formula is C12H25NO3. The van der Waals surface area contributed by atoms with Gasteiger partial charge in [-0.05, 0) is 26.2 Å². The molecule has 0 spiro atoms. The molecule has 0 radical (unpaired) electrons. The number of carboxylic acid groups (broad SMARTS) is 1. The van der Waals surface area contributed by atoms with E-state index in [1.165, 1.54) is 0 Å². The number of carbonyl (C=O) groups is 1. The van der Waals surface area contributed by atoms with Crippen LogP contribution in [0, 0.1) is 0 Å². The van der Waals surface area contributed by atoms with Gasteiger partial charge < -0.3 is 10.2 Å². The molecule has 0 aromatic carbocycles. The highest BCUT2D eigenvalue weighted by molar-refractivity contribution is 5.69.